The Kier molecular flexibility index (Phi) is 4.20. The molecule has 18 heavy (non-hydrogen) atoms. The number of methoxy groups -OCH3 is 1. The summed E-state index contributed by atoms with van der Waals surface area (Å²) in [5, 5.41) is 2.95. The largest absolute Gasteiger partial charge is 0.495 e. The molecule has 2 rings (SSSR count). The maximum absolute atomic E-state index is 12.0. The number of rotatable bonds is 4. The van der Waals surface area contributed by atoms with Gasteiger partial charge in [0.1, 0.15) is 5.75 Å². The molecular formula is C14H20N2O2. The highest BCUT2D eigenvalue weighted by Crippen LogP contribution is 2.29. The van der Waals surface area contributed by atoms with Gasteiger partial charge in [0.2, 0.25) is 5.91 Å². The highest BCUT2D eigenvalue weighted by atomic mass is 16.5. The smallest absolute Gasteiger partial charge is 0.227 e. The molecule has 98 valence electrons. The maximum Gasteiger partial charge on any atom is 0.227 e. The van der Waals surface area contributed by atoms with Crippen LogP contribution < -0.4 is 15.8 Å². The predicted octanol–water partition coefficient (Wildman–Crippen LogP) is 2.28. The Labute approximate surface area is 108 Å². The van der Waals surface area contributed by atoms with Crippen molar-refractivity contribution in [3.05, 3.63) is 23.8 Å². The molecule has 1 aliphatic carbocycles. The van der Waals surface area contributed by atoms with E-state index in [0.717, 1.165) is 36.9 Å². The Bertz CT molecular complexity index is 426. The van der Waals surface area contributed by atoms with Gasteiger partial charge in [0.15, 0.2) is 0 Å². The van der Waals surface area contributed by atoms with Gasteiger partial charge in [-0.05, 0) is 30.5 Å². The third kappa shape index (κ3) is 2.82. The van der Waals surface area contributed by atoms with Crippen molar-refractivity contribution in [3.63, 3.8) is 0 Å². The fraction of sp³-hybridized carbons (Fsp3) is 0.500. The standard InChI is InChI=1S/C14H20N2O2/c1-18-13-8-10(9-15)6-7-12(13)16-14(17)11-4-2-3-5-11/h6-8,11H,2-5,9,15H2,1H3,(H,16,17). The van der Waals surface area contributed by atoms with Crippen molar-refractivity contribution in [2.75, 3.05) is 12.4 Å². The Morgan fingerprint density at radius 1 is 1.44 bits per heavy atom. The number of carbonyl (C=O) groups excluding carboxylic acids is 1. The van der Waals surface area contributed by atoms with E-state index in [1.54, 1.807) is 7.11 Å². The first kappa shape index (κ1) is 12.9. The lowest BCUT2D eigenvalue weighted by Crippen LogP contribution is -2.20. The van der Waals surface area contributed by atoms with Gasteiger partial charge in [0.05, 0.1) is 12.8 Å². The number of ether oxygens (including phenoxy) is 1. The molecule has 0 heterocycles. The number of hydrogen-bond donors (Lipinski definition) is 2. The second-order valence-corrected chi connectivity index (χ2v) is 4.71. The molecule has 0 bridgehead atoms. The second-order valence-electron chi connectivity index (χ2n) is 4.71. The van der Waals surface area contributed by atoms with E-state index in [2.05, 4.69) is 5.32 Å². The van der Waals surface area contributed by atoms with E-state index in [9.17, 15) is 4.79 Å². The van der Waals surface area contributed by atoms with Crippen LogP contribution in [0.4, 0.5) is 5.69 Å². The lowest BCUT2D eigenvalue weighted by atomic mass is 10.1. The summed E-state index contributed by atoms with van der Waals surface area (Å²) in [6.07, 6.45) is 4.30. The molecular weight excluding hydrogens is 228 g/mol. The molecule has 0 aromatic heterocycles. The number of anilines is 1. The molecule has 0 atom stereocenters. The molecule has 0 spiro atoms. The van der Waals surface area contributed by atoms with Crippen molar-refractivity contribution < 1.29 is 9.53 Å². The van der Waals surface area contributed by atoms with Gasteiger partial charge in [-0.2, -0.15) is 0 Å². The lowest BCUT2D eigenvalue weighted by Gasteiger charge is -2.14. The average Bonchev–Trinajstić information content (AvgIpc) is 2.93. The van der Waals surface area contributed by atoms with Crippen LogP contribution >= 0.6 is 0 Å². The zero-order chi connectivity index (χ0) is 13.0. The average molecular weight is 248 g/mol. The predicted molar refractivity (Wildman–Crippen MR) is 71.5 cm³/mol. The number of carbonyl (C=O) groups is 1. The normalized spacial score (nSPS) is 15.7. The third-order valence-corrected chi connectivity index (χ3v) is 3.49. The highest BCUT2D eigenvalue weighted by molar-refractivity contribution is 5.94. The number of nitrogens with one attached hydrogen (secondary N) is 1. The number of benzene rings is 1. The van der Waals surface area contributed by atoms with Crippen LogP contribution in [0.25, 0.3) is 0 Å². The summed E-state index contributed by atoms with van der Waals surface area (Å²) >= 11 is 0. The molecule has 1 fully saturated rings. The van der Waals surface area contributed by atoms with Gasteiger partial charge in [-0.15, -0.1) is 0 Å². The third-order valence-electron chi connectivity index (χ3n) is 3.49. The Hall–Kier alpha value is -1.55. The van der Waals surface area contributed by atoms with E-state index in [-0.39, 0.29) is 11.8 Å². The molecule has 4 heteroatoms. The molecule has 0 saturated heterocycles. The van der Waals surface area contributed by atoms with E-state index < -0.39 is 0 Å². The van der Waals surface area contributed by atoms with Crippen molar-refractivity contribution in [3.8, 4) is 5.75 Å². The second kappa shape index (κ2) is 5.87. The van der Waals surface area contributed by atoms with Gasteiger partial charge in [0, 0.05) is 12.5 Å². The molecule has 1 amide bonds. The van der Waals surface area contributed by atoms with Crippen LogP contribution in [0.3, 0.4) is 0 Å². The van der Waals surface area contributed by atoms with Gasteiger partial charge >= 0.3 is 0 Å². The molecule has 1 aromatic rings. The van der Waals surface area contributed by atoms with Crippen LogP contribution in [0.1, 0.15) is 31.2 Å². The summed E-state index contributed by atoms with van der Waals surface area (Å²) < 4.78 is 5.28. The zero-order valence-corrected chi connectivity index (χ0v) is 10.7. The number of nitrogens with two attached hydrogens (primary N) is 1. The van der Waals surface area contributed by atoms with Crippen LogP contribution in [0, 0.1) is 5.92 Å². The molecule has 0 aliphatic heterocycles. The SMILES string of the molecule is COc1cc(CN)ccc1NC(=O)C1CCCC1. The first-order chi connectivity index (χ1) is 8.74. The minimum absolute atomic E-state index is 0.103. The summed E-state index contributed by atoms with van der Waals surface area (Å²) in [6, 6.07) is 5.63. The van der Waals surface area contributed by atoms with Crippen molar-refractivity contribution in [1.29, 1.82) is 0 Å². The van der Waals surface area contributed by atoms with Crippen molar-refractivity contribution in [2.45, 2.75) is 32.2 Å². The van der Waals surface area contributed by atoms with E-state index in [1.165, 1.54) is 0 Å². The summed E-state index contributed by atoms with van der Waals surface area (Å²) in [7, 11) is 1.60. The summed E-state index contributed by atoms with van der Waals surface area (Å²) in [6.45, 7) is 0.465. The molecule has 3 N–H and O–H groups in total. The highest BCUT2D eigenvalue weighted by Gasteiger charge is 2.23. The monoisotopic (exact) mass is 248 g/mol. The fourth-order valence-corrected chi connectivity index (χ4v) is 2.39. The van der Waals surface area contributed by atoms with E-state index in [4.69, 9.17) is 10.5 Å². The van der Waals surface area contributed by atoms with Crippen molar-refractivity contribution >= 4 is 11.6 Å². The summed E-state index contributed by atoms with van der Waals surface area (Å²) in [5.41, 5.74) is 7.30. The minimum atomic E-state index is 0.103. The minimum Gasteiger partial charge on any atom is -0.495 e. The topological polar surface area (TPSA) is 64.3 Å². The van der Waals surface area contributed by atoms with Gasteiger partial charge in [-0.25, -0.2) is 0 Å². The van der Waals surface area contributed by atoms with Crippen LogP contribution in [0.2, 0.25) is 0 Å². The quantitative estimate of drug-likeness (QED) is 0.859. The Balaban J connectivity index is 2.10. The number of amides is 1. The van der Waals surface area contributed by atoms with Crippen molar-refractivity contribution in [2.24, 2.45) is 11.7 Å². The first-order valence-electron chi connectivity index (χ1n) is 6.42. The van der Waals surface area contributed by atoms with E-state index >= 15 is 0 Å². The Morgan fingerprint density at radius 2 is 2.17 bits per heavy atom. The van der Waals surface area contributed by atoms with Crippen LogP contribution in [-0.2, 0) is 11.3 Å². The Morgan fingerprint density at radius 3 is 2.78 bits per heavy atom. The van der Waals surface area contributed by atoms with Gasteiger partial charge in [0.25, 0.3) is 0 Å². The maximum atomic E-state index is 12.0. The molecule has 1 aliphatic rings. The summed E-state index contributed by atoms with van der Waals surface area (Å²) in [4.78, 5) is 12.0. The van der Waals surface area contributed by atoms with E-state index in [1.807, 2.05) is 18.2 Å². The molecule has 0 unspecified atom stereocenters. The molecule has 0 radical (unpaired) electrons. The van der Waals surface area contributed by atoms with Gasteiger partial charge in [-0.1, -0.05) is 18.9 Å². The van der Waals surface area contributed by atoms with Crippen LogP contribution in [0.5, 0.6) is 5.75 Å². The van der Waals surface area contributed by atoms with E-state index in [0.29, 0.717) is 12.3 Å². The first-order valence-corrected chi connectivity index (χ1v) is 6.42. The van der Waals surface area contributed by atoms with Crippen LogP contribution in [0.15, 0.2) is 18.2 Å². The van der Waals surface area contributed by atoms with Gasteiger partial charge < -0.3 is 15.8 Å². The number of hydrogen-bond acceptors (Lipinski definition) is 3. The fourth-order valence-electron chi connectivity index (χ4n) is 2.39. The van der Waals surface area contributed by atoms with Crippen molar-refractivity contribution in [1.82, 2.24) is 0 Å². The molecule has 4 nitrogen and oxygen atoms in total. The van der Waals surface area contributed by atoms with Crippen LogP contribution in [-0.4, -0.2) is 13.0 Å². The summed E-state index contributed by atoms with van der Waals surface area (Å²) in [5.74, 6) is 0.930. The molecule has 1 aromatic carbocycles. The van der Waals surface area contributed by atoms with Gasteiger partial charge in [-0.3, -0.25) is 4.79 Å². The lowest BCUT2D eigenvalue weighted by molar-refractivity contribution is -0.119. The molecule has 1 saturated carbocycles. The zero-order valence-electron chi connectivity index (χ0n) is 10.7.